The standard InChI is InChI=1S/C13H15N5O2/c1-7-10(8(2)20-17-7)3-12(19)18-5-9-4-15-13(14)16-11(9)6-18/h4H,3,5-6H2,1-2H3,(H2,14,15,16). The molecule has 0 fully saturated rings. The lowest BCUT2D eigenvalue weighted by Crippen LogP contribution is -2.27. The number of fused-ring (bicyclic) bond motifs is 1. The zero-order valence-electron chi connectivity index (χ0n) is 11.4. The van der Waals surface area contributed by atoms with Crippen molar-refractivity contribution in [3.63, 3.8) is 0 Å². The molecule has 7 nitrogen and oxygen atoms in total. The smallest absolute Gasteiger partial charge is 0.227 e. The van der Waals surface area contributed by atoms with Gasteiger partial charge in [0.1, 0.15) is 5.76 Å². The van der Waals surface area contributed by atoms with E-state index in [4.69, 9.17) is 10.3 Å². The quantitative estimate of drug-likeness (QED) is 0.867. The molecule has 104 valence electrons. The molecule has 0 spiro atoms. The van der Waals surface area contributed by atoms with Gasteiger partial charge in [-0.05, 0) is 13.8 Å². The third kappa shape index (κ3) is 2.11. The average molecular weight is 273 g/mol. The minimum absolute atomic E-state index is 0.0240. The van der Waals surface area contributed by atoms with Crippen molar-refractivity contribution in [1.29, 1.82) is 0 Å². The van der Waals surface area contributed by atoms with E-state index in [-0.39, 0.29) is 18.3 Å². The van der Waals surface area contributed by atoms with Crippen molar-refractivity contribution < 1.29 is 9.32 Å². The van der Waals surface area contributed by atoms with Crippen LogP contribution in [-0.4, -0.2) is 25.9 Å². The zero-order chi connectivity index (χ0) is 14.3. The predicted molar refractivity (Wildman–Crippen MR) is 70.4 cm³/mol. The Labute approximate surface area is 115 Å². The fourth-order valence-electron chi connectivity index (χ4n) is 2.36. The number of nitrogens with zero attached hydrogens (tertiary/aromatic N) is 4. The first-order chi connectivity index (χ1) is 9.54. The van der Waals surface area contributed by atoms with Crippen molar-refractivity contribution in [2.45, 2.75) is 33.4 Å². The maximum Gasteiger partial charge on any atom is 0.227 e. The molecule has 0 saturated heterocycles. The predicted octanol–water partition coefficient (Wildman–Crippen LogP) is 0.749. The zero-order valence-corrected chi connectivity index (χ0v) is 11.4. The highest BCUT2D eigenvalue weighted by Crippen LogP contribution is 2.22. The van der Waals surface area contributed by atoms with Gasteiger partial charge >= 0.3 is 0 Å². The van der Waals surface area contributed by atoms with E-state index >= 15 is 0 Å². The Morgan fingerprint density at radius 3 is 2.95 bits per heavy atom. The molecule has 1 aliphatic rings. The van der Waals surface area contributed by atoms with Gasteiger partial charge in [0.2, 0.25) is 11.9 Å². The van der Waals surface area contributed by atoms with E-state index in [0.29, 0.717) is 18.8 Å². The van der Waals surface area contributed by atoms with E-state index in [1.54, 1.807) is 11.1 Å². The summed E-state index contributed by atoms with van der Waals surface area (Å²) >= 11 is 0. The van der Waals surface area contributed by atoms with E-state index in [1.807, 2.05) is 13.8 Å². The first kappa shape index (κ1) is 12.6. The van der Waals surface area contributed by atoms with Crippen LogP contribution in [0.5, 0.6) is 0 Å². The Balaban J connectivity index is 1.75. The molecule has 1 aliphatic heterocycles. The van der Waals surface area contributed by atoms with Gasteiger partial charge in [-0.15, -0.1) is 0 Å². The summed E-state index contributed by atoms with van der Waals surface area (Å²) in [4.78, 5) is 22.2. The SMILES string of the molecule is Cc1noc(C)c1CC(=O)N1Cc2cnc(N)nc2C1. The van der Waals surface area contributed by atoms with Crippen LogP contribution in [0.15, 0.2) is 10.7 Å². The molecule has 0 radical (unpaired) electrons. The Bertz CT molecular complexity index is 660. The van der Waals surface area contributed by atoms with Crippen molar-refractivity contribution in [1.82, 2.24) is 20.0 Å². The summed E-state index contributed by atoms with van der Waals surface area (Å²) in [6.07, 6.45) is 1.97. The second-order valence-electron chi connectivity index (χ2n) is 4.93. The second-order valence-corrected chi connectivity index (χ2v) is 4.93. The number of nitrogens with two attached hydrogens (primary N) is 1. The summed E-state index contributed by atoms with van der Waals surface area (Å²) in [7, 11) is 0. The summed E-state index contributed by atoms with van der Waals surface area (Å²) in [5, 5.41) is 3.86. The van der Waals surface area contributed by atoms with Crippen LogP contribution in [0.25, 0.3) is 0 Å². The van der Waals surface area contributed by atoms with Gasteiger partial charge in [0, 0.05) is 23.9 Å². The first-order valence-corrected chi connectivity index (χ1v) is 6.34. The summed E-state index contributed by atoms with van der Waals surface area (Å²) in [6, 6.07) is 0. The molecule has 0 atom stereocenters. The minimum atomic E-state index is 0.0240. The lowest BCUT2D eigenvalue weighted by atomic mass is 10.1. The molecule has 0 saturated carbocycles. The number of hydrogen-bond acceptors (Lipinski definition) is 6. The van der Waals surface area contributed by atoms with Crippen molar-refractivity contribution in [3.05, 3.63) is 34.5 Å². The van der Waals surface area contributed by atoms with Crippen LogP contribution in [0.4, 0.5) is 5.95 Å². The highest BCUT2D eigenvalue weighted by atomic mass is 16.5. The third-order valence-corrected chi connectivity index (χ3v) is 3.54. The van der Waals surface area contributed by atoms with Gasteiger partial charge in [-0.1, -0.05) is 5.16 Å². The van der Waals surface area contributed by atoms with Crippen LogP contribution >= 0.6 is 0 Å². The monoisotopic (exact) mass is 273 g/mol. The minimum Gasteiger partial charge on any atom is -0.368 e. The Hall–Kier alpha value is -2.44. The number of aromatic nitrogens is 3. The van der Waals surface area contributed by atoms with E-state index in [9.17, 15) is 4.79 Å². The average Bonchev–Trinajstić information content (AvgIpc) is 2.96. The van der Waals surface area contributed by atoms with E-state index in [1.165, 1.54) is 0 Å². The lowest BCUT2D eigenvalue weighted by molar-refractivity contribution is -0.131. The maximum absolute atomic E-state index is 12.3. The number of hydrogen-bond donors (Lipinski definition) is 1. The Kier molecular flexibility index (Phi) is 2.89. The van der Waals surface area contributed by atoms with Gasteiger partial charge in [0.05, 0.1) is 24.4 Å². The van der Waals surface area contributed by atoms with Crippen molar-refractivity contribution in [2.75, 3.05) is 5.73 Å². The normalized spacial score (nSPS) is 13.6. The van der Waals surface area contributed by atoms with Gasteiger partial charge < -0.3 is 15.2 Å². The fraction of sp³-hybridized carbons (Fsp3) is 0.385. The van der Waals surface area contributed by atoms with Crippen LogP contribution in [0.1, 0.15) is 28.3 Å². The largest absolute Gasteiger partial charge is 0.368 e. The number of aryl methyl sites for hydroxylation is 2. The third-order valence-electron chi connectivity index (χ3n) is 3.54. The number of amides is 1. The highest BCUT2D eigenvalue weighted by molar-refractivity contribution is 5.79. The van der Waals surface area contributed by atoms with Crippen LogP contribution in [-0.2, 0) is 24.3 Å². The Morgan fingerprint density at radius 2 is 2.25 bits per heavy atom. The molecule has 3 heterocycles. The van der Waals surface area contributed by atoms with Crippen molar-refractivity contribution in [3.8, 4) is 0 Å². The summed E-state index contributed by atoms with van der Waals surface area (Å²) in [5.41, 5.74) is 8.95. The summed E-state index contributed by atoms with van der Waals surface area (Å²) in [5.74, 6) is 0.955. The van der Waals surface area contributed by atoms with E-state index in [0.717, 1.165) is 22.5 Å². The molecule has 0 aliphatic carbocycles. The molecule has 0 bridgehead atoms. The Morgan fingerprint density at radius 1 is 1.45 bits per heavy atom. The molecule has 3 rings (SSSR count). The molecular formula is C13H15N5O2. The second kappa shape index (κ2) is 4.59. The molecule has 7 heteroatoms. The topological polar surface area (TPSA) is 98.1 Å². The van der Waals surface area contributed by atoms with Crippen LogP contribution in [0, 0.1) is 13.8 Å². The molecule has 2 aromatic heterocycles. The van der Waals surface area contributed by atoms with E-state index < -0.39 is 0 Å². The van der Waals surface area contributed by atoms with Crippen molar-refractivity contribution in [2.24, 2.45) is 0 Å². The lowest BCUT2D eigenvalue weighted by Gasteiger charge is -2.14. The number of nitrogen functional groups attached to an aromatic ring is 1. The fourth-order valence-corrected chi connectivity index (χ4v) is 2.36. The molecule has 0 aromatic carbocycles. The van der Waals surface area contributed by atoms with E-state index in [2.05, 4.69) is 15.1 Å². The van der Waals surface area contributed by atoms with Gasteiger partial charge in [-0.2, -0.15) is 0 Å². The summed E-state index contributed by atoms with van der Waals surface area (Å²) in [6.45, 7) is 4.65. The molecule has 0 unspecified atom stereocenters. The van der Waals surface area contributed by atoms with Gasteiger partial charge in [0.15, 0.2) is 0 Å². The molecule has 20 heavy (non-hydrogen) atoms. The number of rotatable bonds is 2. The first-order valence-electron chi connectivity index (χ1n) is 6.34. The van der Waals surface area contributed by atoms with Crippen LogP contribution in [0.2, 0.25) is 0 Å². The molecule has 2 aromatic rings. The van der Waals surface area contributed by atoms with Crippen molar-refractivity contribution >= 4 is 11.9 Å². The number of carbonyl (C=O) groups excluding carboxylic acids is 1. The van der Waals surface area contributed by atoms with Gasteiger partial charge in [-0.25, -0.2) is 9.97 Å². The molecule has 1 amide bonds. The number of carbonyl (C=O) groups is 1. The summed E-state index contributed by atoms with van der Waals surface area (Å²) < 4.78 is 5.08. The number of anilines is 1. The van der Waals surface area contributed by atoms with Gasteiger partial charge in [-0.3, -0.25) is 4.79 Å². The molecular weight excluding hydrogens is 258 g/mol. The van der Waals surface area contributed by atoms with Crippen LogP contribution < -0.4 is 5.73 Å². The molecule has 2 N–H and O–H groups in total. The highest BCUT2D eigenvalue weighted by Gasteiger charge is 2.26. The maximum atomic E-state index is 12.3. The van der Waals surface area contributed by atoms with Gasteiger partial charge in [0.25, 0.3) is 0 Å². The van der Waals surface area contributed by atoms with Crippen LogP contribution in [0.3, 0.4) is 0 Å².